The normalized spacial score (nSPS) is 16.0. The van der Waals surface area contributed by atoms with E-state index in [1.54, 1.807) is 12.1 Å². The highest BCUT2D eigenvalue weighted by atomic mass is 79.9. The zero-order valence-electron chi connectivity index (χ0n) is 10.3. The van der Waals surface area contributed by atoms with Crippen LogP contribution in [0.4, 0.5) is 4.39 Å². The average molecular weight is 335 g/mol. The number of nitrogens with zero attached hydrogens (tertiary/aromatic N) is 1. The Morgan fingerprint density at radius 2 is 2.17 bits per heavy atom. The summed E-state index contributed by atoms with van der Waals surface area (Å²) in [5.74, 6) is -0.150. The zero-order valence-corrected chi connectivity index (χ0v) is 12.7. The summed E-state index contributed by atoms with van der Waals surface area (Å²) in [6.07, 6.45) is 4.88. The molecule has 1 saturated carbocycles. The van der Waals surface area contributed by atoms with E-state index in [0.29, 0.717) is 23.2 Å². The van der Waals surface area contributed by atoms with E-state index in [-0.39, 0.29) is 5.82 Å². The molecule has 0 heterocycles. The first-order valence-electron chi connectivity index (χ1n) is 6.44. The summed E-state index contributed by atoms with van der Waals surface area (Å²) in [7, 11) is 0. The zero-order chi connectivity index (χ0) is 13.0. The minimum atomic E-state index is -0.150. The standard InChI is InChI=1S/C14H18BrClFN/c15-7-2-8-18(13-3-1-4-13)10-11-9-12(16)5-6-14(11)17/h5-6,9,13H,1-4,7-8,10H2. The van der Waals surface area contributed by atoms with Crippen molar-refractivity contribution in [2.75, 3.05) is 11.9 Å². The third-order valence-corrected chi connectivity index (χ3v) is 4.35. The first-order valence-corrected chi connectivity index (χ1v) is 7.94. The van der Waals surface area contributed by atoms with E-state index in [1.165, 1.54) is 25.3 Å². The van der Waals surface area contributed by atoms with E-state index < -0.39 is 0 Å². The van der Waals surface area contributed by atoms with Gasteiger partial charge in [0.05, 0.1) is 0 Å². The lowest BCUT2D eigenvalue weighted by molar-refractivity contribution is 0.119. The lowest BCUT2D eigenvalue weighted by Crippen LogP contribution is -2.40. The predicted octanol–water partition coefficient (Wildman–Crippen LogP) is 4.62. The van der Waals surface area contributed by atoms with Crippen LogP contribution in [0.1, 0.15) is 31.2 Å². The minimum absolute atomic E-state index is 0.150. The van der Waals surface area contributed by atoms with Crippen molar-refractivity contribution in [2.24, 2.45) is 0 Å². The summed E-state index contributed by atoms with van der Waals surface area (Å²) in [5.41, 5.74) is 0.712. The van der Waals surface area contributed by atoms with E-state index >= 15 is 0 Å². The molecule has 1 aliphatic carbocycles. The van der Waals surface area contributed by atoms with Crippen LogP contribution in [-0.4, -0.2) is 22.8 Å². The molecule has 4 heteroatoms. The van der Waals surface area contributed by atoms with E-state index in [0.717, 1.165) is 18.3 Å². The van der Waals surface area contributed by atoms with Gasteiger partial charge in [-0.15, -0.1) is 0 Å². The summed E-state index contributed by atoms with van der Waals surface area (Å²) in [6, 6.07) is 5.44. The van der Waals surface area contributed by atoms with Gasteiger partial charge in [0.25, 0.3) is 0 Å². The fourth-order valence-corrected chi connectivity index (χ4v) is 2.73. The van der Waals surface area contributed by atoms with Crippen LogP contribution in [0.15, 0.2) is 18.2 Å². The number of hydrogen-bond acceptors (Lipinski definition) is 1. The molecule has 1 aromatic rings. The van der Waals surface area contributed by atoms with Gasteiger partial charge in [0.15, 0.2) is 0 Å². The quantitative estimate of drug-likeness (QED) is 0.686. The van der Waals surface area contributed by atoms with Crippen molar-refractivity contribution in [3.05, 3.63) is 34.6 Å². The van der Waals surface area contributed by atoms with Crippen LogP contribution in [0.25, 0.3) is 0 Å². The molecule has 1 aliphatic rings. The number of alkyl halides is 1. The van der Waals surface area contributed by atoms with Gasteiger partial charge in [-0.2, -0.15) is 0 Å². The van der Waals surface area contributed by atoms with Crippen LogP contribution in [-0.2, 0) is 6.54 Å². The molecule has 0 unspecified atom stereocenters. The summed E-state index contributed by atoms with van der Waals surface area (Å²) in [5, 5.41) is 1.61. The van der Waals surface area contributed by atoms with E-state index in [4.69, 9.17) is 11.6 Å². The van der Waals surface area contributed by atoms with Crippen LogP contribution < -0.4 is 0 Å². The molecule has 0 atom stereocenters. The van der Waals surface area contributed by atoms with Gasteiger partial charge in [0, 0.05) is 28.5 Å². The molecule has 1 aromatic carbocycles. The molecule has 100 valence electrons. The van der Waals surface area contributed by atoms with Gasteiger partial charge in [0.1, 0.15) is 5.82 Å². The Labute approximate surface area is 121 Å². The summed E-state index contributed by atoms with van der Waals surface area (Å²) >= 11 is 9.40. The van der Waals surface area contributed by atoms with Gasteiger partial charge in [-0.3, -0.25) is 4.90 Å². The third kappa shape index (κ3) is 3.69. The Morgan fingerprint density at radius 3 is 2.78 bits per heavy atom. The maximum Gasteiger partial charge on any atom is 0.127 e. The smallest absolute Gasteiger partial charge is 0.127 e. The molecule has 0 aliphatic heterocycles. The maximum absolute atomic E-state index is 13.7. The molecule has 1 fully saturated rings. The Hall–Kier alpha value is -0.120. The van der Waals surface area contributed by atoms with Gasteiger partial charge < -0.3 is 0 Å². The van der Waals surface area contributed by atoms with Gasteiger partial charge in [0.2, 0.25) is 0 Å². The Morgan fingerprint density at radius 1 is 1.39 bits per heavy atom. The molecule has 0 saturated heterocycles. The second-order valence-electron chi connectivity index (χ2n) is 4.83. The molecule has 18 heavy (non-hydrogen) atoms. The molecule has 2 rings (SSSR count). The van der Waals surface area contributed by atoms with Gasteiger partial charge in [-0.25, -0.2) is 4.39 Å². The summed E-state index contributed by atoms with van der Waals surface area (Å²) in [4.78, 5) is 2.39. The van der Waals surface area contributed by atoms with Crippen molar-refractivity contribution >= 4 is 27.5 Å². The molecule has 0 bridgehead atoms. The largest absolute Gasteiger partial charge is 0.296 e. The molecular weight excluding hydrogens is 317 g/mol. The molecule has 1 nitrogen and oxygen atoms in total. The number of benzene rings is 1. The highest BCUT2D eigenvalue weighted by Gasteiger charge is 2.25. The molecular formula is C14H18BrClFN. The van der Waals surface area contributed by atoms with Crippen molar-refractivity contribution < 1.29 is 4.39 Å². The SMILES string of the molecule is Fc1ccc(Cl)cc1CN(CCCBr)C1CCC1. The maximum atomic E-state index is 13.7. The number of halogens is 3. The second kappa shape index (κ2) is 6.88. The van der Waals surface area contributed by atoms with Crippen molar-refractivity contribution in [1.82, 2.24) is 4.90 Å². The highest BCUT2D eigenvalue weighted by molar-refractivity contribution is 9.09. The monoisotopic (exact) mass is 333 g/mol. The van der Waals surface area contributed by atoms with Crippen LogP contribution in [0.2, 0.25) is 5.02 Å². The Kier molecular flexibility index (Phi) is 5.46. The molecule has 0 amide bonds. The number of rotatable bonds is 6. The van der Waals surface area contributed by atoms with E-state index in [1.807, 2.05) is 0 Å². The lowest BCUT2D eigenvalue weighted by Gasteiger charge is -2.37. The van der Waals surface area contributed by atoms with Crippen LogP contribution in [0.3, 0.4) is 0 Å². The fraction of sp³-hybridized carbons (Fsp3) is 0.571. The van der Waals surface area contributed by atoms with E-state index in [9.17, 15) is 4.39 Å². The van der Waals surface area contributed by atoms with Crippen molar-refractivity contribution in [1.29, 1.82) is 0 Å². The van der Waals surface area contributed by atoms with Gasteiger partial charge in [-0.05, 0) is 44.0 Å². The van der Waals surface area contributed by atoms with Gasteiger partial charge in [-0.1, -0.05) is 34.0 Å². The fourth-order valence-electron chi connectivity index (χ4n) is 2.29. The first kappa shape index (κ1) is 14.3. The van der Waals surface area contributed by atoms with Crippen LogP contribution in [0, 0.1) is 5.82 Å². The first-order chi connectivity index (χ1) is 8.70. The molecule has 0 N–H and O–H groups in total. The van der Waals surface area contributed by atoms with Crippen molar-refractivity contribution in [3.63, 3.8) is 0 Å². The highest BCUT2D eigenvalue weighted by Crippen LogP contribution is 2.27. The van der Waals surface area contributed by atoms with Gasteiger partial charge >= 0.3 is 0 Å². The number of hydrogen-bond donors (Lipinski definition) is 0. The summed E-state index contributed by atoms with van der Waals surface area (Å²) < 4.78 is 13.7. The van der Waals surface area contributed by atoms with Crippen LogP contribution in [0.5, 0.6) is 0 Å². The second-order valence-corrected chi connectivity index (χ2v) is 6.06. The van der Waals surface area contributed by atoms with E-state index in [2.05, 4.69) is 20.8 Å². The molecule has 0 aromatic heterocycles. The summed E-state index contributed by atoms with van der Waals surface area (Å²) in [6.45, 7) is 1.69. The third-order valence-electron chi connectivity index (χ3n) is 3.55. The molecule has 0 spiro atoms. The Balaban J connectivity index is 2.04. The minimum Gasteiger partial charge on any atom is -0.296 e. The lowest BCUT2D eigenvalue weighted by atomic mass is 9.91. The predicted molar refractivity (Wildman–Crippen MR) is 77.9 cm³/mol. The average Bonchev–Trinajstić information content (AvgIpc) is 2.28. The topological polar surface area (TPSA) is 3.24 Å². The van der Waals surface area contributed by atoms with Crippen molar-refractivity contribution in [3.8, 4) is 0 Å². The van der Waals surface area contributed by atoms with Crippen molar-refractivity contribution in [2.45, 2.75) is 38.3 Å². The molecule has 0 radical (unpaired) electrons. The van der Waals surface area contributed by atoms with Crippen LogP contribution >= 0.6 is 27.5 Å². The Bertz CT molecular complexity index is 395.